The summed E-state index contributed by atoms with van der Waals surface area (Å²) in [4.78, 5) is 14.8. The molecule has 0 N–H and O–H groups in total. The highest BCUT2D eigenvalue weighted by Crippen LogP contribution is 2.39. The fraction of sp³-hybridized carbons (Fsp3) is 0.632. The number of unbranched alkanes of at least 4 members (excludes halogenated alkanes) is 6. The molecule has 2 aliphatic rings. The number of hydrogen-bond acceptors (Lipinski definition) is 3. The maximum Gasteiger partial charge on any atom is 0.258 e. The summed E-state index contributed by atoms with van der Waals surface area (Å²) in [6, 6.07) is 3.92. The first-order valence-corrected chi connectivity index (χ1v) is 9.02. The highest BCUT2D eigenvalue weighted by Gasteiger charge is 2.31. The van der Waals surface area contributed by atoms with Crippen LogP contribution >= 0.6 is 0 Å². The average Bonchev–Trinajstić information content (AvgIpc) is 3.04. The maximum atomic E-state index is 12.8. The van der Waals surface area contributed by atoms with E-state index in [-0.39, 0.29) is 12.7 Å². The summed E-state index contributed by atoms with van der Waals surface area (Å²) in [6.07, 6.45) is 9.80. The molecule has 4 nitrogen and oxygen atoms in total. The second-order valence-corrected chi connectivity index (χ2v) is 6.50. The van der Waals surface area contributed by atoms with E-state index < -0.39 is 0 Å². The molecule has 0 spiro atoms. The second kappa shape index (κ2) is 7.71. The monoisotopic (exact) mass is 317 g/mol. The predicted octanol–water partition coefficient (Wildman–Crippen LogP) is 4.16. The van der Waals surface area contributed by atoms with Gasteiger partial charge in [-0.15, -0.1) is 0 Å². The molecule has 0 saturated carbocycles. The van der Waals surface area contributed by atoms with Crippen LogP contribution < -0.4 is 9.47 Å². The quantitative estimate of drug-likeness (QED) is 0.676. The summed E-state index contributed by atoms with van der Waals surface area (Å²) in [7, 11) is 0. The van der Waals surface area contributed by atoms with Gasteiger partial charge in [0.25, 0.3) is 5.91 Å². The van der Waals surface area contributed by atoms with E-state index in [4.69, 9.17) is 9.47 Å². The molecule has 0 radical (unpaired) electrons. The first kappa shape index (κ1) is 16.2. The third-order valence-corrected chi connectivity index (χ3v) is 4.81. The number of carbonyl (C=O) groups is 1. The van der Waals surface area contributed by atoms with Gasteiger partial charge >= 0.3 is 0 Å². The Morgan fingerprint density at radius 3 is 2.65 bits per heavy atom. The number of nitrogens with zero attached hydrogens (tertiary/aromatic N) is 1. The maximum absolute atomic E-state index is 12.8. The van der Waals surface area contributed by atoms with Gasteiger partial charge in [-0.2, -0.15) is 0 Å². The SMILES string of the molecule is CCCCCCCCCN1CCc2ccc3c(c2C1=O)OCO3. The van der Waals surface area contributed by atoms with Crippen LogP contribution in [0.15, 0.2) is 12.1 Å². The van der Waals surface area contributed by atoms with Gasteiger partial charge in [0.1, 0.15) is 0 Å². The molecule has 3 rings (SSSR count). The van der Waals surface area contributed by atoms with Crippen molar-refractivity contribution >= 4 is 5.91 Å². The third-order valence-electron chi connectivity index (χ3n) is 4.81. The number of rotatable bonds is 8. The van der Waals surface area contributed by atoms with E-state index in [0.29, 0.717) is 11.5 Å². The van der Waals surface area contributed by atoms with Crippen molar-refractivity contribution in [1.29, 1.82) is 0 Å². The highest BCUT2D eigenvalue weighted by molar-refractivity contribution is 6.00. The Labute approximate surface area is 138 Å². The minimum Gasteiger partial charge on any atom is -0.454 e. The number of carbonyl (C=O) groups excluding carboxylic acids is 1. The van der Waals surface area contributed by atoms with Crippen LogP contribution in [0.3, 0.4) is 0 Å². The average molecular weight is 317 g/mol. The minimum atomic E-state index is 0.111. The lowest BCUT2D eigenvalue weighted by atomic mass is 9.97. The molecule has 1 aromatic carbocycles. The Bertz CT molecular complexity index is 556. The Kier molecular flexibility index (Phi) is 5.42. The van der Waals surface area contributed by atoms with Gasteiger partial charge in [-0.1, -0.05) is 51.5 Å². The standard InChI is InChI=1S/C19H27NO3/c1-2-3-4-5-6-7-8-12-20-13-11-15-9-10-16-18(23-14-22-16)17(15)19(20)21/h9-10H,2-8,11-14H2,1H3. The first-order chi connectivity index (χ1) is 11.3. The van der Waals surface area contributed by atoms with Gasteiger partial charge in [0.05, 0.1) is 5.56 Å². The molecule has 0 fully saturated rings. The third kappa shape index (κ3) is 3.62. The van der Waals surface area contributed by atoms with E-state index >= 15 is 0 Å². The lowest BCUT2D eigenvalue weighted by Gasteiger charge is -2.29. The molecule has 0 aliphatic carbocycles. The van der Waals surface area contributed by atoms with Crippen LogP contribution in [0.5, 0.6) is 11.5 Å². The Balaban J connectivity index is 1.52. The van der Waals surface area contributed by atoms with Gasteiger partial charge < -0.3 is 14.4 Å². The summed E-state index contributed by atoms with van der Waals surface area (Å²) >= 11 is 0. The van der Waals surface area contributed by atoms with Crippen LogP contribution in [0.1, 0.15) is 67.8 Å². The molecule has 126 valence electrons. The largest absolute Gasteiger partial charge is 0.454 e. The van der Waals surface area contributed by atoms with Crippen molar-refractivity contribution in [2.45, 2.75) is 58.3 Å². The van der Waals surface area contributed by atoms with Crippen LogP contribution in [0.25, 0.3) is 0 Å². The molecule has 0 unspecified atom stereocenters. The molecule has 23 heavy (non-hydrogen) atoms. The lowest BCUT2D eigenvalue weighted by molar-refractivity contribution is 0.0731. The minimum absolute atomic E-state index is 0.111. The number of ether oxygens (including phenoxy) is 2. The molecule has 2 aliphatic heterocycles. The smallest absolute Gasteiger partial charge is 0.258 e. The molecule has 0 aromatic heterocycles. The molecule has 1 aromatic rings. The van der Waals surface area contributed by atoms with E-state index in [9.17, 15) is 4.79 Å². The van der Waals surface area contributed by atoms with E-state index in [2.05, 4.69) is 6.92 Å². The molecule has 2 heterocycles. The zero-order valence-corrected chi connectivity index (χ0v) is 14.1. The molecule has 1 amide bonds. The van der Waals surface area contributed by atoms with Crippen molar-refractivity contribution in [2.75, 3.05) is 19.9 Å². The van der Waals surface area contributed by atoms with E-state index in [1.807, 2.05) is 17.0 Å². The summed E-state index contributed by atoms with van der Waals surface area (Å²) in [6.45, 7) is 4.14. The van der Waals surface area contributed by atoms with Crippen molar-refractivity contribution in [1.82, 2.24) is 4.90 Å². The van der Waals surface area contributed by atoms with Gasteiger partial charge in [-0.05, 0) is 24.5 Å². The van der Waals surface area contributed by atoms with Gasteiger partial charge in [-0.3, -0.25) is 4.79 Å². The van der Waals surface area contributed by atoms with Crippen LogP contribution in [0.2, 0.25) is 0 Å². The van der Waals surface area contributed by atoms with E-state index in [1.165, 1.54) is 38.5 Å². The topological polar surface area (TPSA) is 38.8 Å². The summed E-state index contributed by atoms with van der Waals surface area (Å²) in [5, 5.41) is 0. The van der Waals surface area contributed by atoms with Crippen molar-refractivity contribution in [3.63, 3.8) is 0 Å². The summed E-state index contributed by atoms with van der Waals surface area (Å²) < 4.78 is 10.9. The van der Waals surface area contributed by atoms with Gasteiger partial charge in [0, 0.05) is 13.1 Å². The Morgan fingerprint density at radius 2 is 1.83 bits per heavy atom. The number of amides is 1. The summed E-state index contributed by atoms with van der Waals surface area (Å²) in [5.74, 6) is 1.46. The fourth-order valence-electron chi connectivity index (χ4n) is 3.44. The molecule has 0 saturated heterocycles. The fourth-order valence-corrected chi connectivity index (χ4v) is 3.44. The lowest BCUT2D eigenvalue weighted by Crippen LogP contribution is -2.38. The zero-order valence-electron chi connectivity index (χ0n) is 14.1. The highest BCUT2D eigenvalue weighted by atomic mass is 16.7. The number of benzene rings is 1. The molecule has 4 heteroatoms. The predicted molar refractivity (Wildman–Crippen MR) is 90.2 cm³/mol. The Hall–Kier alpha value is -1.71. The van der Waals surface area contributed by atoms with Gasteiger partial charge in [-0.25, -0.2) is 0 Å². The van der Waals surface area contributed by atoms with E-state index in [1.54, 1.807) is 0 Å². The Morgan fingerprint density at radius 1 is 1.04 bits per heavy atom. The van der Waals surface area contributed by atoms with Crippen LogP contribution in [-0.4, -0.2) is 30.7 Å². The zero-order chi connectivity index (χ0) is 16.1. The van der Waals surface area contributed by atoms with Crippen LogP contribution in [0, 0.1) is 0 Å². The second-order valence-electron chi connectivity index (χ2n) is 6.50. The van der Waals surface area contributed by atoms with Crippen LogP contribution in [-0.2, 0) is 6.42 Å². The molecular weight excluding hydrogens is 290 g/mol. The van der Waals surface area contributed by atoms with Crippen molar-refractivity contribution in [3.8, 4) is 11.5 Å². The summed E-state index contributed by atoms with van der Waals surface area (Å²) in [5.41, 5.74) is 1.82. The number of fused-ring (bicyclic) bond motifs is 3. The first-order valence-electron chi connectivity index (χ1n) is 9.02. The van der Waals surface area contributed by atoms with Gasteiger partial charge in [0.15, 0.2) is 11.5 Å². The molecular formula is C19H27NO3. The van der Waals surface area contributed by atoms with Crippen LogP contribution in [0.4, 0.5) is 0 Å². The molecule has 0 bridgehead atoms. The van der Waals surface area contributed by atoms with Crippen molar-refractivity contribution < 1.29 is 14.3 Å². The number of hydrogen-bond donors (Lipinski definition) is 0. The van der Waals surface area contributed by atoms with Crippen molar-refractivity contribution in [3.05, 3.63) is 23.3 Å². The van der Waals surface area contributed by atoms with E-state index in [0.717, 1.165) is 37.1 Å². The normalized spacial score (nSPS) is 15.9. The molecule has 0 atom stereocenters. The van der Waals surface area contributed by atoms with Gasteiger partial charge in [0.2, 0.25) is 6.79 Å². The van der Waals surface area contributed by atoms with Crippen molar-refractivity contribution in [2.24, 2.45) is 0 Å².